The quantitative estimate of drug-likeness (QED) is 0.144. The zero-order chi connectivity index (χ0) is 24.7. The number of carbonyl (C=O) groups is 1. The number of nitriles is 1. The number of para-hydroxylation sites is 2. The number of benzene rings is 3. The molecule has 0 heterocycles. The van der Waals surface area contributed by atoms with Gasteiger partial charge in [0.15, 0.2) is 11.5 Å². The topological polar surface area (TPSA) is 114 Å². The second-order valence-corrected chi connectivity index (χ2v) is 8.62. The minimum atomic E-state index is -0.776. The van der Waals surface area contributed by atoms with E-state index in [1.165, 1.54) is 31.4 Å². The molecule has 0 spiro atoms. The monoisotopic (exact) mass is 585 g/mol. The zero-order valence-electron chi connectivity index (χ0n) is 17.7. The van der Waals surface area contributed by atoms with E-state index in [0.717, 1.165) is 10.0 Å². The molecule has 8 nitrogen and oxygen atoms in total. The largest absolute Gasteiger partial charge is 0.493 e. The zero-order valence-corrected chi connectivity index (χ0v) is 20.9. The predicted octanol–water partition coefficient (Wildman–Crippen LogP) is 6.25. The lowest BCUT2D eigenvalue weighted by atomic mass is 10.1. The van der Waals surface area contributed by atoms with E-state index in [0.29, 0.717) is 28.1 Å². The first kappa shape index (κ1) is 25.0. The number of nitro benzene ring substituents is 1. The number of hydrogen-bond donors (Lipinski definition) is 1. The molecule has 0 aliphatic carbocycles. The third-order valence-electron chi connectivity index (χ3n) is 4.57. The number of nitro groups is 1. The second kappa shape index (κ2) is 11.4. The number of nitrogens with one attached hydrogen (secondary N) is 1. The minimum Gasteiger partial charge on any atom is -0.493 e. The highest BCUT2D eigenvalue weighted by Crippen LogP contribution is 2.38. The van der Waals surface area contributed by atoms with Gasteiger partial charge in [0.25, 0.3) is 11.6 Å². The lowest BCUT2D eigenvalue weighted by Gasteiger charge is -2.14. The predicted molar refractivity (Wildman–Crippen MR) is 134 cm³/mol. The molecule has 1 amide bonds. The number of anilines is 1. The van der Waals surface area contributed by atoms with Gasteiger partial charge >= 0.3 is 0 Å². The number of carbonyl (C=O) groups excluding carboxylic acids is 1. The average molecular weight is 587 g/mol. The lowest BCUT2D eigenvalue weighted by Crippen LogP contribution is -2.14. The lowest BCUT2D eigenvalue weighted by molar-refractivity contribution is -0.383. The molecule has 0 atom stereocenters. The molecule has 0 saturated carbocycles. The van der Waals surface area contributed by atoms with Gasteiger partial charge in [-0.05, 0) is 63.5 Å². The molecule has 0 aromatic heterocycles. The summed E-state index contributed by atoms with van der Waals surface area (Å²) in [5.74, 6) is 0.0852. The van der Waals surface area contributed by atoms with Gasteiger partial charge in [-0.1, -0.05) is 40.2 Å². The summed E-state index contributed by atoms with van der Waals surface area (Å²) in [5.41, 5.74) is 0.933. The molecule has 10 heteroatoms. The second-order valence-electron chi connectivity index (χ2n) is 6.85. The van der Waals surface area contributed by atoms with Crippen molar-refractivity contribution in [2.24, 2.45) is 0 Å². The van der Waals surface area contributed by atoms with Crippen molar-refractivity contribution in [1.82, 2.24) is 0 Å². The summed E-state index contributed by atoms with van der Waals surface area (Å²) in [5, 5.41) is 23.1. The van der Waals surface area contributed by atoms with Crippen molar-refractivity contribution in [3.05, 3.63) is 96.4 Å². The summed E-state index contributed by atoms with van der Waals surface area (Å²) in [7, 11) is 1.48. The number of ether oxygens (including phenoxy) is 2. The van der Waals surface area contributed by atoms with Crippen LogP contribution in [0.2, 0.25) is 0 Å². The summed E-state index contributed by atoms with van der Waals surface area (Å²) in [6.45, 7) is 0.305. The highest BCUT2D eigenvalue weighted by atomic mass is 79.9. The first-order valence-electron chi connectivity index (χ1n) is 9.73. The van der Waals surface area contributed by atoms with Crippen LogP contribution in [0.5, 0.6) is 11.5 Å². The van der Waals surface area contributed by atoms with Gasteiger partial charge in [0.05, 0.1) is 16.5 Å². The Morgan fingerprint density at radius 1 is 1.18 bits per heavy atom. The molecule has 0 bridgehead atoms. The first-order valence-corrected chi connectivity index (χ1v) is 11.3. The van der Waals surface area contributed by atoms with Crippen molar-refractivity contribution in [3.63, 3.8) is 0 Å². The molecule has 172 valence electrons. The van der Waals surface area contributed by atoms with Gasteiger partial charge in [-0.2, -0.15) is 5.26 Å². The molecule has 3 aromatic rings. The van der Waals surface area contributed by atoms with Gasteiger partial charge in [0.2, 0.25) is 0 Å². The van der Waals surface area contributed by atoms with Crippen LogP contribution in [0.1, 0.15) is 11.1 Å². The van der Waals surface area contributed by atoms with E-state index in [-0.39, 0.29) is 16.9 Å². The van der Waals surface area contributed by atoms with Gasteiger partial charge in [-0.3, -0.25) is 14.9 Å². The average Bonchev–Trinajstić information content (AvgIpc) is 2.82. The van der Waals surface area contributed by atoms with Crippen LogP contribution >= 0.6 is 31.9 Å². The normalized spacial score (nSPS) is 10.8. The number of nitrogens with zero attached hydrogens (tertiary/aromatic N) is 2. The van der Waals surface area contributed by atoms with Crippen molar-refractivity contribution < 1.29 is 19.2 Å². The Hall–Kier alpha value is -3.68. The van der Waals surface area contributed by atoms with E-state index < -0.39 is 10.8 Å². The molecule has 3 aromatic carbocycles. The van der Waals surface area contributed by atoms with Crippen LogP contribution in [0.3, 0.4) is 0 Å². The maximum Gasteiger partial charge on any atom is 0.292 e. The molecule has 0 fully saturated rings. The summed E-state index contributed by atoms with van der Waals surface area (Å²) >= 11 is 6.84. The Morgan fingerprint density at radius 2 is 1.88 bits per heavy atom. The first-order chi connectivity index (χ1) is 16.3. The van der Waals surface area contributed by atoms with E-state index in [1.807, 2.05) is 30.3 Å². The molecule has 0 saturated heterocycles. The van der Waals surface area contributed by atoms with Gasteiger partial charge in [0.1, 0.15) is 23.9 Å². The molecule has 0 unspecified atom stereocenters. The van der Waals surface area contributed by atoms with Crippen molar-refractivity contribution in [2.45, 2.75) is 6.61 Å². The highest BCUT2D eigenvalue weighted by molar-refractivity contribution is 9.10. The number of halogens is 2. The molecule has 0 aliphatic rings. The Kier molecular flexibility index (Phi) is 8.40. The van der Waals surface area contributed by atoms with Gasteiger partial charge in [-0.25, -0.2) is 0 Å². The van der Waals surface area contributed by atoms with E-state index in [1.54, 1.807) is 18.2 Å². The van der Waals surface area contributed by atoms with Crippen LogP contribution in [0.15, 0.2) is 75.2 Å². The summed E-state index contributed by atoms with van der Waals surface area (Å²) in [4.78, 5) is 23.2. The Morgan fingerprint density at radius 3 is 2.53 bits per heavy atom. The van der Waals surface area contributed by atoms with Crippen LogP contribution in [0, 0.1) is 21.4 Å². The number of methoxy groups -OCH3 is 1. The highest BCUT2D eigenvalue weighted by Gasteiger charge is 2.18. The van der Waals surface area contributed by atoms with Crippen molar-refractivity contribution in [1.29, 1.82) is 5.26 Å². The van der Waals surface area contributed by atoms with Crippen LogP contribution in [0.25, 0.3) is 6.08 Å². The van der Waals surface area contributed by atoms with Crippen LogP contribution in [-0.4, -0.2) is 17.9 Å². The van der Waals surface area contributed by atoms with E-state index in [9.17, 15) is 20.2 Å². The smallest absolute Gasteiger partial charge is 0.292 e. The molecular weight excluding hydrogens is 570 g/mol. The molecule has 0 aliphatic heterocycles. The molecule has 0 radical (unpaired) electrons. The van der Waals surface area contributed by atoms with Gasteiger partial charge in [-0.15, -0.1) is 0 Å². The van der Waals surface area contributed by atoms with Crippen molar-refractivity contribution >= 4 is 55.2 Å². The maximum absolute atomic E-state index is 12.6. The van der Waals surface area contributed by atoms with E-state index in [2.05, 4.69) is 37.2 Å². The third-order valence-corrected chi connectivity index (χ3v) is 5.69. The molecule has 3 rings (SSSR count). The van der Waals surface area contributed by atoms with Gasteiger partial charge in [0, 0.05) is 10.5 Å². The summed E-state index contributed by atoms with van der Waals surface area (Å²) in [6.07, 6.45) is 1.36. The van der Waals surface area contributed by atoms with Gasteiger partial charge < -0.3 is 14.8 Å². The molecular formula is C24H17Br2N3O5. The van der Waals surface area contributed by atoms with Crippen LogP contribution < -0.4 is 14.8 Å². The van der Waals surface area contributed by atoms with E-state index in [4.69, 9.17) is 9.47 Å². The number of amides is 1. The SMILES string of the molecule is COc1cc(/C=C(\C#N)C(=O)Nc2ccccc2[N+](=O)[O-])cc(Br)c1OCc1ccc(Br)cc1. The summed E-state index contributed by atoms with van der Waals surface area (Å²) < 4.78 is 12.9. The molecule has 1 N–H and O–H groups in total. The fourth-order valence-electron chi connectivity index (χ4n) is 2.94. The minimum absolute atomic E-state index is 0.00546. The van der Waals surface area contributed by atoms with Crippen molar-refractivity contribution in [2.75, 3.05) is 12.4 Å². The fraction of sp³-hybridized carbons (Fsp3) is 0.0833. The Balaban J connectivity index is 1.84. The fourth-order valence-corrected chi connectivity index (χ4v) is 3.78. The van der Waals surface area contributed by atoms with Crippen LogP contribution in [-0.2, 0) is 11.4 Å². The number of rotatable bonds is 8. The Labute approximate surface area is 212 Å². The summed E-state index contributed by atoms with van der Waals surface area (Å²) in [6, 6.07) is 18.5. The number of hydrogen-bond acceptors (Lipinski definition) is 6. The Bertz CT molecular complexity index is 1300. The van der Waals surface area contributed by atoms with Crippen molar-refractivity contribution in [3.8, 4) is 17.6 Å². The van der Waals surface area contributed by atoms with Crippen LogP contribution in [0.4, 0.5) is 11.4 Å². The third kappa shape index (κ3) is 6.21. The standard InChI is InChI=1S/C24H17Br2N3O5/c1-33-22-12-16(11-19(26)23(22)34-14-15-6-8-18(25)9-7-15)10-17(13-27)24(30)28-20-4-2-3-5-21(20)29(31)32/h2-12H,14H2,1H3,(H,28,30)/b17-10+. The van der Waals surface area contributed by atoms with E-state index >= 15 is 0 Å². The maximum atomic E-state index is 12.6. The molecule has 34 heavy (non-hydrogen) atoms.